The van der Waals surface area contributed by atoms with E-state index >= 15 is 0 Å². The summed E-state index contributed by atoms with van der Waals surface area (Å²) in [5, 5.41) is 3.42. The van der Waals surface area contributed by atoms with Crippen LogP contribution in [-0.4, -0.2) is 41.4 Å². The van der Waals surface area contributed by atoms with Crippen molar-refractivity contribution in [1.82, 2.24) is 10.2 Å². The molecule has 1 aromatic rings. The van der Waals surface area contributed by atoms with Crippen molar-refractivity contribution in [3.63, 3.8) is 0 Å². The van der Waals surface area contributed by atoms with E-state index in [1.54, 1.807) is 11.2 Å². The summed E-state index contributed by atoms with van der Waals surface area (Å²) in [5.41, 5.74) is 1.07. The van der Waals surface area contributed by atoms with Crippen LogP contribution in [0.15, 0.2) is 29.2 Å². The Hall–Kier alpha value is -0.910. The monoisotopic (exact) mass is 372 g/mol. The number of nitrogens with zero attached hydrogens (tertiary/aromatic N) is 1. The molecule has 0 spiro atoms. The molecule has 0 radical (unpaired) electrons. The maximum absolute atomic E-state index is 12.4. The Labute approximate surface area is 154 Å². The second kappa shape index (κ2) is 10.2. The number of hydrogen-bond acceptors (Lipinski definition) is 3. The predicted molar refractivity (Wildman–Crippen MR) is 102 cm³/mol. The highest BCUT2D eigenvalue weighted by Gasteiger charge is 2.23. The third-order valence-electron chi connectivity index (χ3n) is 4.74. The molecule has 1 amide bonds. The van der Waals surface area contributed by atoms with Crippen molar-refractivity contribution in [2.45, 2.75) is 37.6 Å². The lowest BCUT2D eigenvalue weighted by molar-refractivity contribution is -0.131. The van der Waals surface area contributed by atoms with Crippen molar-refractivity contribution in [3.8, 4) is 0 Å². The molecule has 0 aliphatic carbocycles. The van der Waals surface area contributed by atoms with E-state index in [2.05, 4.69) is 12.2 Å². The molecule has 1 aromatic carbocycles. The van der Waals surface area contributed by atoms with Crippen LogP contribution in [0.3, 0.4) is 0 Å². The topological polar surface area (TPSA) is 49.4 Å². The molecule has 1 N–H and O–H groups in total. The Morgan fingerprint density at radius 3 is 2.58 bits per heavy atom. The molecule has 4 nitrogen and oxygen atoms in total. The zero-order valence-corrected chi connectivity index (χ0v) is 16.4. The van der Waals surface area contributed by atoms with Crippen molar-refractivity contribution >= 4 is 29.1 Å². The number of carbonyl (C=O) groups excluding carboxylic acids is 1. The number of carbonyl (C=O) groups is 1. The van der Waals surface area contributed by atoms with E-state index in [9.17, 15) is 9.00 Å². The third kappa shape index (κ3) is 6.19. The van der Waals surface area contributed by atoms with E-state index < -0.39 is 10.8 Å². The van der Waals surface area contributed by atoms with Crippen molar-refractivity contribution in [2.75, 3.05) is 26.4 Å². The van der Waals surface area contributed by atoms with Crippen molar-refractivity contribution in [1.29, 1.82) is 0 Å². The highest BCUT2D eigenvalue weighted by molar-refractivity contribution is 7.84. The normalized spacial score (nSPS) is 19.9. The molecule has 24 heavy (non-hydrogen) atoms. The molecule has 0 aromatic heterocycles. The van der Waals surface area contributed by atoms with Crippen LogP contribution >= 0.6 is 12.4 Å². The number of piperidine rings is 1. The maximum atomic E-state index is 12.4. The summed E-state index contributed by atoms with van der Waals surface area (Å²) < 4.78 is 11.4. The molecule has 1 heterocycles. The summed E-state index contributed by atoms with van der Waals surface area (Å²) in [6.07, 6.45) is 4.72. The van der Waals surface area contributed by atoms with E-state index in [0.717, 1.165) is 23.5 Å². The second-order valence-electron chi connectivity index (χ2n) is 6.64. The number of benzene rings is 1. The molecule has 1 saturated heterocycles. The largest absolute Gasteiger partial charge is 0.341 e. The minimum absolute atomic E-state index is 0. The quantitative estimate of drug-likeness (QED) is 0.835. The lowest BCUT2D eigenvalue weighted by Gasteiger charge is -2.29. The zero-order valence-electron chi connectivity index (χ0n) is 14.8. The average Bonchev–Trinajstić information content (AvgIpc) is 2.56. The lowest BCUT2D eigenvalue weighted by atomic mass is 9.85. The minimum Gasteiger partial charge on any atom is -0.341 e. The molecular formula is C18H29ClN2O2S. The van der Waals surface area contributed by atoms with Crippen LogP contribution in [0.25, 0.3) is 0 Å². The number of halogens is 1. The van der Waals surface area contributed by atoms with E-state index in [4.69, 9.17) is 0 Å². The van der Waals surface area contributed by atoms with Crippen LogP contribution in [-0.2, 0) is 22.1 Å². The molecule has 0 bridgehead atoms. The first kappa shape index (κ1) is 21.1. The van der Waals surface area contributed by atoms with Crippen molar-refractivity contribution in [2.24, 2.45) is 11.8 Å². The van der Waals surface area contributed by atoms with E-state index in [-0.39, 0.29) is 18.3 Å². The van der Waals surface area contributed by atoms with Gasteiger partial charge in [-0.25, -0.2) is 0 Å². The van der Waals surface area contributed by atoms with Gasteiger partial charge in [0.15, 0.2) is 0 Å². The molecule has 1 fully saturated rings. The van der Waals surface area contributed by atoms with Gasteiger partial charge in [-0.05, 0) is 55.5 Å². The Balaban J connectivity index is 0.00000288. The summed E-state index contributed by atoms with van der Waals surface area (Å²) in [5.74, 6) is 1.23. The maximum Gasteiger partial charge on any atom is 0.222 e. The van der Waals surface area contributed by atoms with Gasteiger partial charge in [0.25, 0.3) is 0 Å². The van der Waals surface area contributed by atoms with Crippen LogP contribution < -0.4 is 5.32 Å². The standard InChI is InChI=1S/C18H28N2O2S.ClH/c1-14(16-5-4-10-19-12-16)11-18(21)20(2)13-15-6-8-17(9-7-15)23(3)22;/h6-9,14,16,19H,4-5,10-13H2,1-3H3;1H. The molecule has 0 saturated carbocycles. The number of hydrogen-bond donors (Lipinski definition) is 1. The fourth-order valence-electron chi connectivity index (χ4n) is 3.11. The average molecular weight is 373 g/mol. The summed E-state index contributed by atoms with van der Waals surface area (Å²) >= 11 is 0. The van der Waals surface area contributed by atoms with Crippen LogP contribution in [0.5, 0.6) is 0 Å². The van der Waals surface area contributed by atoms with Crippen LogP contribution in [0.4, 0.5) is 0 Å². The van der Waals surface area contributed by atoms with Crippen LogP contribution in [0.1, 0.15) is 31.7 Å². The lowest BCUT2D eigenvalue weighted by Crippen LogP contribution is -2.36. The first-order valence-corrected chi connectivity index (χ1v) is 9.90. The van der Waals surface area contributed by atoms with Gasteiger partial charge in [0, 0.05) is 42.0 Å². The molecule has 1 aliphatic heterocycles. The number of amides is 1. The summed E-state index contributed by atoms with van der Waals surface area (Å²) in [6, 6.07) is 7.66. The van der Waals surface area contributed by atoms with Gasteiger partial charge in [-0.15, -0.1) is 12.4 Å². The van der Waals surface area contributed by atoms with Gasteiger partial charge < -0.3 is 10.2 Å². The second-order valence-corrected chi connectivity index (χ2v) is 8.02. The minimum atomic E-state index is -0.956. The van der Waals surface area contributed by atoms with Crippen LogP contribution in [0.2, 0.25) is 0 Å². The third-order valence-corrected chi connectivity index (χ3v) is 5.67. The number of nitrogens with one attached hydrogen (secondary N) is 1. The van der Waals surface area contributed by atoms with E-state index in [1.165, 1.54) is 12.8 Å². The van der Waals surface area contributed by atoms with Gasteiger partial charge in [0.1, 0.15) is 0 Å². The molecular weight excluding hydrogens is 344 g/mol. The SMILES string of the molecule is CC(CC(=O)N(C)Cc1ccc(S(C)=O)cc1)C1CCCNC1.Cl. The first-order chi connectivity index (χ1) is 11.0. The van der Waals surface area contributed by atoms with Gasteiger partial charge in [-0.2, -0.15) is 0 Å². The van der Waals surface area contributed by atoms with Gasteiger partial charge >= 0.3 is 0 Å². The summed E-state index contributed by atoms with van der Waals surface area (Å²) in [4.78, 5) is 15.0. The Bertz CT molecular complexity index is 544. The van der Waals surface area contributed by atoms with Crippen molar-refractivity contribution in [3.05, 3.63) is 29.8 Å². The number of rotatable bonds is 6. The van der Waals surface area contributed by atoms with Gasteiger partial charge in [-0.1, -0.05) is 19.1 Å². The fourth-order valence-corrected chi connectivity index (χ4v) is 3.63. The highest BCUT2D eigenvalue weighted by Crippen LogP contribution is 2.23. The highest BCUT2D eigenvalue weighted by atomic mass is 35.5. The predicted octanol–water partition coefficient (Wildman–Crippen LogP) is 2.83. The fraction of sp³-hybridized carbons (Fsp3) is 0.611. The molecule has 2 rings (SSSR count). The molecule has 3 unspecified atom stereocenters. The van der Waals surface area contributed by atoms with Crippen LogP contribution in [0, 0.1) is 11.8 Å². The Kier molecular flexibility index (Phi) is 8.95. The van der Waals surface area contributed by atoms with Gasteiger partial charge in [0.2, 0.25) is 5.91 Å². The van der Waals surface area contributed by atoms with Gasteiger partial charge in [0.05, 0.1) is 0 Å². The molecule has 1 aliphatic rings. The van der Waals surface area contributed by atoms with Crippen molar-refractivity contribution < 1.29 is 9.00 Å². The van der Waals surface area contributed by atoms with E-state index in [0.29, 0.717) is 24.8 Å². The van der Waals surface area contributed by atoms with Gasteiger partial charge in [-0.3, -0.25) is 9.00 Å². The summed E-state index contributed by atoms with van der Waals surface area (Å²) in [6.45, 7) is 4.93. The first-order valence-electron chi connectivity index (χ1n) is 8.34. The molecule has 136 valence electrons. The Morgan fingerprint density at radius 1 is 1.38 bits per heavy atom. The smallest absolute Gasteiger partial charge is 0.222 e. The molecule has 6 heteroatoms. The molecule has 3 atom stereocenters. The Morgan fingerprint density at radius 2 is 2.04 bits per heavy atom. The summed E-state index contributed by atoms with van der Waals surface area (Å²) in [7, 11) is 0.905. The zero-order chi connectivity index (χ0) is 16.8. The van der Waals surface area contributed by atoms with E-state index in [1.807, 2.05) is 31.3 Å².